The standard InChI is InChI=1S/C26H37N5O3/c1-19-24(34-21-12-8-5-9-13-21)15-14-22(29-19)25(27)23(31(3)28)18-33-26(32)30(2)17-16-20-10-6-4-7-11-20/h4,6-7,10-11,14-15,21H,5,8-9,12-13,16-18,27-28H2,1-3H3/b25-23-. The van der Waals surface area contributed by atoms with E-state index in [0.717, 1.165) is 36.3 Å². The van der Waals surface area contributed by atoms with Gasteiger partial charge >= 0.3 is 6.09 Å². The van der Waals surface area contributed by atoms with Crippen molar-refractivity contribution < 1.29 is 14.3 Å². The summed E-state index contributed by atoms with van der Waals surface area (Å²) in [6.07, 6.45) is 6.40. The van der Waals surface area contributed by atoms with Crippen LogP contribution in [-0.4, -0.2) is 54.3 Å². The van der Waals surface area contributed by atoms with Crippen LogP contribution in [0.25, 0.3) is 5.70 Å². The van der Waals surface area contributed by atoms with E-state index in [1.54, 1.807) is 14.1 Å². The van der Waals surface area contributed by atoms with Crippen molar-refractivity contribution in [3.8, 4) is 5.75 Å². The number of nitrogens with zero attached hydrogens (tertiary/aromatic N) is 3. The van der Waals surface area contributed by atoms with Gasteiger partial charge < -0.3 is 25.1 Å². The van der Waals surface area contributed by atoms with Crippen LogP contribution in [0.5, 0.6) is 5.75 Å². The number of amides is 1. The van der Waals surface area contributed by atoms with E-state index in [9.17, 15) is 4.79 Å². The summed E-state index contributed by atoms with van der Waals surface area (Å²) in [4.78, 5) is 18.7. The molecule has 1 aliphatic rings. The van der Waals surface area contributed by atoms with Crippen molar-refractivity contribution in [2.24, 2.45) is 11.6 Å². The van der Waals surface area contributed by atoms with E-state index in [1.165, 1.54) is 29.2 Å². The first-order valence-corrected chi connectivity index (χ1v) is 11.9. The fraction of sp³-hybridized carbons (Fsp3) is 0.462. The van der Waals surface area contributed by atoms with Gasteiger partial charge in [-0.2, -0.15) is 0 Å². The first-order chi connectivity index (χ1) is 16.3. The largest absolute Gasteiger partial charge is 0.489 e. The molecular formula is C26H37N5O3. The quantitative estimate of drug-likeness (QED) is 0.426. The first kappa shape index (κ1) is 25.4. The van der Waals surface area contributed by atoms with Gasteiger partial charge in [-0.25, -0.2) is 15.6 Å². The second-order valence-electron chi connectivity index (χ2n) is 8.84. The summed E-state index contributed by atoms with van der Waals surface area (Å²) in [6.45, 7) is 2.38. The zero-order valence-corrected chi connectivity index (χ0v) is 20.5. The minimum absolute atomic E-state index is 0.0611. The number of rotatable bonds is 9. The zero-order chi connectivity index (χ0) is 24.5. The number of ether oxygens (including phenoxy) is 2. The Labute approximate surface area is 202 Å². The maximum absolute atomic E-state index is 12.5. The number of pyridine rings is 1. The minimum atomic E-state index is -0.441. The summed E-state index contributed by atoms with van der Waals surface area (Å²) in [5.41, 5.74) is 9.71. The lowest BCUT2D eigenvalue weighted by atomic mass is 9.98. The summed E-state index contributed by atoms with van der Waals surface area (Å²) in [5.74, 6) is 6.78. The number of nitrogens with two attached hydrogens (primary N) is 2. The van der Waals surface area contributed by atoms with Crippen molar-refractivity contribution in [3.63, 3.8) is 0 Å². The molecule has 1 saturated carbocycles. The lowest BCUT2D eigenvalue weighted by molar-refractivity contribution is 0.113. The van der Waals surface area contributed by atoms with Gasteiger partial charge in [-0.1, -0.05) is 36.8 Å². The van der Waals surface area contributed by atoms with Crippen LogP contribution >= 0.6 is 0 Å². The van der Waals surface area contributed by atoms with Gasteiger partial charge in [-0.05, 0) is 56.7 Å². The number of benzene rings is 1. The van der Waals surface area contributed by atoms with Gasteiger partial charge in [-0.3, -0.25) is 0 Å². The summed E-state index contributed by atoms with van der Waals surface area (Å²) < 4.78 is 11.6. The number of carbonyl (C=O) groups is 1. The number of likely N-dealkylation sites (N-methyl/N-ethyl adjacent to an activating group) is 2. The highest BCUT2D eigenvalue weighted by molar-refractivity contribution is 5.68. The highest BCUT2D eigenvalue weighted by atomic mass is 16.6. The van der Waals surface area contributed by atoms with Crippen LogP contribution in [0.4, 0.5) is 4.79 Å². The van der Waals surface area contributed by atoms with Gasteiger partial charge in [0, 0.05) is 20.6 Å². The molecule has 1 aromatic carbocycles. The predicted molar refractivity (Wildman–Crippen MR) is 134 cm³/mol. The summed E-state index contributed by atoms with van der Waals surface area (Å²) >= 11 is 0. The molecule has 0 saturated heterocycles. The first-order valence-electron chi connectivity index (χ1n) is 11.9. The Hall–Kier alpha value is -3.26. The molecule has 0 atom stereocenters. The van der Waals surface area contributed by atoms with E-state index in [-0.39, 0.29) is 12.7 Å². The molecule has 3 rings (SSSR count). The van der Waals surface area contributed by atoms with Crippen LogP contribution in [0.15, 0.2) is 48.2 Å². The number of aryl methyl sites for hydroxylation is 1. The monoisotopic (exact) mass is 467 g/mol. The summed E-state index contributed by atoms with van der Waals surface area (Å²) in [5, 5.41) is 1.36. The molecule has 184 valence electrons. The Bertz CT molecular complexity index is 972. The minimum Gasteiger partial charge on any atom is -0.489 e. The van der Waals surface area contributed by atoms with E-state index in [1.807, 2.05) is 49.4 Å². The fourth-order valence-electron chi connectivity index (χ4n) is 3.98. The molecule has 1 aromatic heterocycles. The molecule has 1 aliphatic carbocycles. The van der Waals surface area contributed by atoms with Crippen LogP contribution in [-0.2, 0) is 11.2 Å². The van der Waals surface area contributed by atoms with E-state index < -0.39 is 6.09 Å². The molecule has 1 fully saturated rings. The zero-order valence-electron chi connectivity index (χ0n) is 20.5. The van der Waals surface area contributed by atoms with Crippen molar-refractivity contribution in [3.05, 3.63) is 65.1 Å². The van der Waals surface area contributed by atoms with Crippen LogP contribution < -0.4 is 16.3 Å². The molecule has 4 N–H and O–H groups in total. The Morgan fingerprint density at radius 2 is 1.79 bits per heavy atom. The van der Waals surface area contributed by atoms with Crippen LogP contribution in [0, 0.1) is 6.92 Å². The third kappa shape index (κ3) is 7.12. The third-order valence-electron chi connectivity index (χ3n) is 6.12. The summed E-state index contributed by atoms with van der Waals surface area (Å²) in [6, 6.07) is 13.7. The fourth-order valence-corrected chi connectivity index (χ4v) is 3.98. The topological polar surface area (TPSA) is 107 Å². The molecule has 8 heteroatoms. The highest BCUT2D eigenvalue weighted by Gasteiger charge is 2.19. The molecule has 2 aromatic rings. The van der Waals surface area contributed by atoms with Crippen molar-refractivity contribution in [2.45, 2.75) is 51.6 Å². The Morgan fingerprint density at radius 3 is 2.44 bits per heavy atom. The molecule has 0 bridgehead atoms. The van der Waals surface area contributed by atoms with Gasteiger partial charge in [0.2, 0.25) is 0 Å². The predicted octanol–water partition coefficient (Wildman–Crippen LogP) is 3.85. The average Bonchev–Trinajstić information content (AvgIpc) is 2.84. The van der Waals surface area contributed by atoms with Gasteiger partial charge in [0.15, 0.2) is 0 Å². The summed E-state index contributed by atoms with van der Waals surface area (Å²) in [7, 11) is 3.36. The van der Waals surface area contributed by atoms with Crippen molar-refractivity contribution in [1.82, 2.24) is 14.9 Å². The number of hydrogen-bond acceptors (Lipinski definition) is 7. The van der Waals surface area contributed by atoms with Crippen LogP contribution in [0.3, 0.4) is 0 Å². The van der Waals surface area contributed by atoms with E-state index in [2.05, 4.69) is 4.98 Å². The molecule has 0 aliphatic heterocycles. The van der Waals surface area contributed by atoms with Crippen LogP contribution in [0.2, 0.25) is 0 Å². The van der Waals surface area contributed by atoms with E-state index in [0.29, 0.717) is 23.6 Å². The molecule has 8 nitrogen and oxygen atoms in total. The SMILES string of the molecule is Cc1nc(/C(N)=C(\COC(=O)N(C)CCc2ccccc2)N(C)N)ccc1OC1CCCCC1. The number of hydrogen-bond donors (Lipinski definition) is 2. The van der Waals surface area contributed by atoms with Crippen molar-refractivity contribution in [1.29, 1.82) is 0 Å². The third-order valence-corrected chi connectivity index (χ3v) is 6.12. The second kappa shape index (κ2) is 12.3. The molecular weight excluding hydrogens is 430 g/mol. The maximum atomic E-state index is 12.5. The van der Waals surface area contributed by atoms with Gasteiger partial charge in [0.1, 0.15) is 12.4 Å². The molecule has 0 radical (unpaired) electrons. The highest BCUT2D eigenvalue weighted by Crippen LogP contribution is 2.26. The Morgan fingerprint density at radius 1 is 1.09 bits per heavy atom. The maximum Gasteiger partial charge on any atom is 0.409 e. The van der Waals surface area contributed by atoms with Gasteiger partial charge in [-0.15, -0.1) is 0 Å². The normalized spacial score (nSPS) is 14.8. The molecule has 0 unspecified atom stereocenters. The number of carbonyl (C=O) groups excluding carboxylic acids is 1. The lowest BCUT2D eigenvalue weighted by Crippen LogP contribution is -2.34. The molecule has 1 heterocycles. The van der Waals surface area contributed by atoms with Crippen LogP contribution in [0.1, 0.15) is 49.1 Å². The average molecular weight is 468 g/mol. The van der Waals surface area contributed by atoms with E-state index in [4.69, 9.17) is 21.1 Å². The van der Waals surface area contributed by atoms with Crippen molar-refractivity contribution in [2.75, 3.05) is 27.2 Å². The lowest BCUT2D eigenvalue weighted by Gasteiger charge is -2.24. The Kier molecular flexibility index (Phi) is 9.16. The van der Waals surface area contributed by atoms with Gasteiger partial charge in [0.25, 0.3) is 0 Å². The number of hydrazine groups is 1. The smallest absolute Gasteiger partial charge is 0.409 e. The molecule has 1 amide bonds. The van der Waals surface area contributed by atoms with Gasteiger partial charge in [0.05, 0.1) is 28.9 Å². The van der Waals surface area contributed by atoms with Crippen molar-refractivity contribution >= 4 is 11.8 Å². The number of aromatic nitrogens is 1. The molecule has 34 heavy (non-hydrogen) atoms. The van der Waals surface area contributed by atoms with E-state index >= 15 is 0 Å². The Balaban J connectivity index is 1.62. The molecule has 0 spiro atoms. The second-order valence-corrected chi connectivity index (χ2v) is 8.84.